The average molecular weight is 329 g/mol. The Hall–Kier alpha value is -2.89. The molecule has 0 fully saturated rings. The maximum atomic E-state index is 13.2. The quantitative estimate of drug-likeness (QED) is 0.854. The Kier molecular flexibility index (Phi) is 5.52. The number of anilines is 1. The van der Waals surface area contributed by atoms with E-state index in [9.17, 15) is 14.0 Å². The zero-order valence-corrected chi connectivity index (χ0v) is 13.6. The second-order valence-corrected chi connectivity index (χ2v) is 5.64. The summed E-state index contributed by atoms with van der Waals surface area (Å²) in [7, 11) is 1.66. The van der Waals surface area contributed by atoms with Gasteiger partial charge >= 0.3 is 0 Å². The van der Waals surface area contributed by atoms with Crippen LogP contribution < -0.4 is 11.1 Å². The Morgan fingerprint density at radius 3 is 2.58 bits per heavy atom. The summed E-state index contributed by atoms with van der Waals surface area (Å²) in [6, 6.07) is 12.3. The number of carbonyl (C=O) groups is 2. The van der Waals surface area contributed by atoms with Crippen molar-refractivity contribution in [2.24, 2.45) is 5.73 Å². The van der Waals surface area contributed by atoms with Gasteiger partial charge in [-0.2, -0.15) is 0 Å². The largest absolute Gasteiger partial charge is 0.374 e. The van der Waals surface area contributed by atoms with Crippen LogP contribution in [0, 0.1) is 5.82 Å². The lowest BCUT2D eigenvalue weighted by Crippen LogP contribution is -2.38. The monoisotopic (exact) mass is 329 g/mol. The van der Waals surface area contributed by atoms with Crippen LogP contribution in [0.15, 0.2) is 48.5 Å². The van der Waals surface area contributed by atoms with Crippen molar-refractivity contribution < 1.29 is 14.0 Å². The summed E-state index contributed by atoms with van der Waals surface area (Å²) in [6.45, 7) is 2.03. The lowest BCUT2D eigenvalue weighted by molar-refractivity contribution is -0.130. The van der Waals surface area contributed by atoms with Crippen LogP contribution >= 0.6 is 0 Å². The number of hydrogen-bond donors (Lipinski definition) is 2. The van der Waals surface area contributed by atoms with Crippen molar-refractivity contribution in [1.29, 1.82) is 0 Å². The molecule has 24 heavy (non-hydrogen) atoms. The summed E-state index contributed by atoms with van der Waals surface area (Å²) < 4.78 is 13.2. The molecule has 0 aliphatic carbocycles. The van der Waals surface area contributed by atoms with Crippen LogP contribution in [0.5, 0.6) is 0 Å². The van der Waals surface area contributed by atoms with Gasteiger partial charge in [-0.15, -0.1) is 0 Å². The van der Waals surface area contributed by atoms with E-state index in [1.807, 2.05) is 0 Å². The van der Waals surface area contributed by atoms with E-state index in [0.717, 1.165) is 0 Å². The molecular weight excluding hydrogens is 309 g/mol. The molecule has 3 N–H and O–H groups in total. The van der Waals surface area contributed by atoms with Crippen molar-refractivity contribution in [1.82, 2.24) is 4.90 Å². The second-order valence-electron chi connectivity index (χ2n) is 5.64. The molecule has 2 rings (SSSR count). The predicted octanol–water partition coefficient (Wildman–Crippen LogP) is 2.38. The molecule has 2 aromatic carbocycles. The van der Waals surface area contributed by atoms with E-state index in [1.54, 1.807) is 50.4 Å². The third-order valence-electron chi connectivity index (χ3n) is 3.59. The van der Waals surface area contributed by atoms with Gasteiger partial charge in [0.05, 0.1) is 0 Å². The fraction of sp³-hybridized carbons (Fsp3) is 0.222. The van der Waals surface area contributed by atoms with E-state index >= 15 is 0 Å². The predicted molar refractivity (Wildman–Crippen MR) is 90.9 cm³/mol. The number of benzene rings is 2. The lowest BCUT2D eigenvalue weighted by atomic mass is 10.1. The van der Waals surface area contributed by atoms with Gasteiger partial charge in [0, 0.05) is 24.8 Å². The van der Waals surface area contributed by atoms with Gasteiger partial charge in [-0.25, -0.2) is 4.39 Å². The fourth-order valence-corrected chi connectivity index (χ4v) is 2.39. The van der Waals surface area contributed by atoms with Crippen LogP contribution in [-0.2, 0) is 11.3 Å². The highest BCUT2D eigenvalue weighted by Crippen LogP contribution is 2.13. The van der Waals surface area contributed by atoms with Crippen molar-refractivity contribution in [2.45, 2.75) is 19.5 Å². The highest BCUT2D eigenvalue weighted by atomic mass is 19.1. The standard InChI is InChI=1S/C18H20FN3O2/c1-12(21-16-8-4-6-14(10-16)17(20)23)18(24)22(2)11-13-5-3-7-15(19)9-13/h3-10,12,21H,11H2,1-2H3,(H2,20,23)/t12-/m1/s1. The Bertz CT molecular complexity index is 749. The van der Waals surface area contributed by atoms with E-state index in [2.05, 4.69) is 5.32 Å². The van der Waals surface area contributed by atoms with E-state index < -0.39 is 11.9 Å². The number of primary amides is 1. The van der Waals surface area contributed by atoms with Gasteiger partial charge in [-0.3, -0.25) is 9.59 Å². The molecule has 0 radical (unpaired) electrons. The average Bonchev–Trinajstić information content (AvgIpc) is 2.54. The normalized spacial score (nSPS) is 11.6. The molecule has 5 nitrogen and oxygen atoms in total. The van der Waals surface area contributed by atoms with Gasteiger partial charge < -0.3 is 16.0 Å². The van der Waals surface area contributed by atoms with Gasteiger partial charge in [0.15, 0.2) is 0 Å². The highest BCUT2D eigenvalue weighted by molar-refractivity contribution is 5.94. The number of nitrogens with two attached hydrogens (primary N) is 1. The molecule has 0 aliphatic rings. The Morgan fingerprint density at radius 2 is 1.92 bits per heavy atom. The van der Waals surface area contributed by atoms with Crippen molar-refractivity contribution in [2.75, 3.05) is 12.4 Å². The molecule has 6 heteroatoms. The lowest BCUT2D eigenvalue weighted by Gasteiger charge is -2.23. The minimum Gasteiger partial charge on any atom is -0.374 e. The molecular formula is C18H20FN3O2. The van der Waals surface area contributed by atoms with Gasteiger partial charge in [-0.05, 0) is 42.8 Å². The Labute approximate surface area is 140 Å². The second kappa shape index (κ2) is 7.59. The molecule has 0 aliphatic heterocycles. The maximum Gasteiger partial charge on any atom is 0.248 e. The summed E-state index contributed by atoms with van der Waals surface area (Å²) in [5.41, 5.74) is 6.96. The van der Waals surface area contributed by atoms with Gasteiger partial charge in [0.2, 0.25) is 11.8 Å². The number of nitrogens with zero attached hydrogens (tertiary/aromatic N) is 1. The van der Waals surface area contributed by atoms with E-state index in [4.69, 9.17) is 5.73 Å². The number of likely N-dealkylation sites (N-methyl/N-ethyl adjacent to an activating group) is 1. The summed E-state index contributed by atoms with van der Waals surface area (Å²) in [5.74, 6) is -1.01. The molecule has 1 atom stereocenters. The number of carbonyl (C=O) groups excluding carboxylic acids is 2. The highest BCUT2D eigenvalue weighted by Gasteiger charge is 2.18. The Morgan fingerprint density at radius 1 is 1.21 bits per heavy atom. The first-order valence-corrected chi connectivity index (χ1v) is 7.52. The molecule has 0 saturated carbocycles. The third-order valence-corrected chi connectivity index (χ3v) is 3.59. The SMILES string of the molecule is C[C@@H](Nc1cccc(C(N)=O)c1)C(=O)N(C)Cc1cccc(F)c1. The summed E-state index contributed by atoms with van der Waals surface area (Å²) in [5, 5.41) is 3.04. The first-order valence-electron chi connectivity index (χ1n) is 7.52. The van der Waals surface area contributed by atoms with Gasteiger partial charge in [-0.1, -0.05) is 18.2 Å². The van der Waals surface area contributed by atoms with Crippen LogP contribution in [0.4, 0.5) is 10.1 Å². The molecule has 2 aromatic rings. The van der Waals surface area contributed by atoms with Crippen LogP contribution in [0.25, 0.3) is 0 Å². The van der Waals surface area contributed by atoms with Crippen molar-refractivity contribution in [3.63, 3.8) is 0 Å². The number of halogens is 1. The minimum absolute atomic E-state index is 0.149. The first kappa shape index (κ1) is 17.5. The number of amides is 2. The van der Waals surface area contributed by atoms with Crippen LogP contribution in [0.3, 0.4) is 0 Å². The Balaban J connectivity index is 2.00. The molecule has 0 heterocycles. The maximum absolute atomic E-state index is 13.2. The van der Waals surface area contributed by atoms with Gasteiger partial charge in [0.25, 0.3) is 0 Å². The molecule has 0 aromatic heterocycles. The van der Waals surface area contributed by atoms with Crippen LogP contribution in [0.2, 0.25) is 0 Å². The number of nitrogens with one attached hydrogen (secondary N) is 1. The number of rotatable bonds is 6. The fourth-order valence-electron chi connectivity index (χ4n) is 2.39. The van der Waals surface area contributed by atoms with Crippen molar-refractivity contribution in [3.05, 3.63) is 65.5 Å². The molecule has 2 amide bonds. The summed E-state index contributed by atoms with van der Waals surface area (Å²) >= 11 is 0. The summed E-state index contributed by atoms with van der Waals surface area (Å²) in [4.78, 5) is 25.2. The van der Waals surface area contributed by atoms with Crippen molar-refractivity contribution in [3.8, 4) is 0 Å². The molecule has 0 spiro atoms. The van der Waals surface area contributed by atoms with E-state index in [-0.39, 0.29) is 11.7 Å². The van der Waals surface area contributed by atoms with Gasteiger partial charge in [0.1, 0.15) is 11.9 Å². The van der Waals surface area contributed by atoms with E-state index in [0.29, 0.717) is 23.4 Å². The zero-order chi connectivity index (χ0) is 17.7. The molecule has 126 valence electrons. The van der Waals surface area contributed by atoms with Crippen molar-refractivity contribution >= 4 is 17.5 Å². The smallest absolute Gasteiger partial charge is 0.248 e. The topological polar surface area (TPSA) is 75.4 Å². The zero-order valence-electron chi connectivity index (χ0n) is 13.6. The minimum atomic E-state index is -0.527. The summed E-state index contributed by atoms with van der Waals surface area (Å²) in [6.07, 6.45) is 0. The van der Waals surface area contributed by atoms with Crippen LogP contribution in [-0.4, -0.2) is 29.8 Å². The first-order chi connectivity index (χ1) is 11.4. The number of hydrogen-bond acceptors (Lipinski definition) is 3. The molecule has 0 unspecified atom stereocenters. The molecule has 0 saturated heterocycles. The molecule has 0 bridgehead atoms. The third kappa shape index (κ3) is 4.55. The van der Waals surface area contributed by atoms with E-state index in [1.165, 1.54) is 17.0 Å². The van der Waals surface area contributed by atoms with Crippen LogP contribution in [0.1, 0.15) is 22.8 Å².